The Bertz CT molecular complexity index is 665. The minimum Gasteiger partial charge on any atom is -0.481 e. The molecule has 4 atom stereocenters. The molecule has 0 saturated heterocycles. The van der Waals surface area contributed by atoms with E-state index in [2.05, 4.69) is 5.32 Å². The van der Waals surface area contributed by atoms with Crippen molar-refractivity contribution in [2.24, 2.45) is 29.4 Å². The topological polar surface area (TPSA) is 109 Å². The van der Waals surface area contributed by atoms with Gasteiger partial charge in [0, 0.05) is 11.3 Å². The molecule has 2 amide bonds. The predicted molar refractivity (Wildman–Crippen MR) is 78.9 cm³/mol. The van der Waals surface area contributed by atoms with E-state index in [1.54, 1.807) is 12.1 Å². The Morgan fingerprint density at radius 1 is 1.05 bits per heavy atom. The lowest BCUT2D eigenvalue weighted by Gasteiger charge is -2.23. The van der Waals surface area contributed by atoms with Crippen molar-refractivity contribution in [2.45, 2.75) is 6.42 Å². The average molecular weight is 300 g/mol. The van der Waals surface area contributed by atoms with Crippen molar-refractivity contribution in [1.29, 1.82) is 0 Å². The number of hydrogen-bond donors (Lipinski definition) is 3. The van der Waals surface area contributed by atoms with Crippen molar-refractivity contribution < 1.29 is 19.5 Å². The second-order valence-corrected chi connectivity index (χ2v) is 5.77. The number of aliphatic carboxylic acids is 1. The first-order chi connectivity index (χ1) is 10.5. The van der Waals surface area contributed by atoms with Gasteiger partial charge in [0.1, 0.15) is 0 Å². The number of carbonyl (C=O) groups is 3. The smallest absolute Gasteiger partial charge is 0.307 e. The SMILES string of the molecule is NC(=O)c1ccc(NC(=O)[C@@H]2[C@H](C(=O)O)[C@H]3C=C[C@H]2C3)cc1. The van der Waals surface area contributed by atoms with Gasteiger partial charge in [-0.2, -0.15) is 0 Å². The van der Waals surface area contributed by atoms with E-state index in [-0.39, 0.29) is 17.7 Å². The molecule has 1 aromatic carbocycles. The van der Waals surface area contributed by atoms with Gasteiger partial charge in [-0.15, -0.1) is 0 Å². The fraction of sp³-hybridized carbons (Fsp3) is 0.312. The largest absolute Gasteiger partial charge is 0.481 e. The minimum atomic E-state index is -0.930. The summed E-state index contributed by atoms with van der Waals surface area (Å²) < 4.78 is 0. The first-order valence-electron chi connectivity index (χ1n) is 7.09. The number of carboxylic acids is 1. The second-order valence-electron chi connectivity index (χ2n) is 5.77. The van der Waals surface area contributed by atoms with E-state index in [1.807, 2.05) is 12.2 Å². The molecule has 1 aromatic rings. The number of anilines is 1. The van der Waals surface area contributed by atoms with Crippen LogP contribution in [0.1, 0.15) is 16.8 Å². The summed E-state index contributed by atoms with van der Waals surface area (Å²) in [6, 6.07) is 6.20. The minimum absolute atomic E-state index is 0.0176. The van der Waals surface area contributed by atoms with Crippen LogP contribution >= 0.6 is 0 Å². The van der Waals surface area contributed by atoms with Crippen LogP contribution in [0.3, 0.4) is 0 Å². The number of benzene rings is 1. The van der Waals surface area contributed by atoms with Crippen LogP contribution < -0.4 is 11.1 Å². The molecule has 0 aliphatic heterocycles. The fourth-order valence-corrected chi connectivity index (χ4v) is 3.46. The summed E-state index contributed by atoms with van der Waals surface area (Å²) in [4.78, 5) is 34.9. The molecular weight excluding hydrogens is 284 g/mol. The number of carbonyl (C=O) groups excluding carboxylic acids is 2. The zero-order chi connectivity index (χ0) is 15.9. The average Bonchev–Trinajstić information content (AvgIpc) is 3.08. The maximum Gasteiger partial charge on any atom is 0.307 e. The predicted octanol–water partition coefficient (Wildman–Crippen LogP) is 1.25. The van der Waals surface area contributed by atoms with E-state index in [4.69, 9.17) is 5.73 Å². The second kappa shape index (κ2) is 5.29. The van der Waals surface area contributed by atoms with Gasteiger partial charge >= 0.3 is 5.97 Å². The highest BCUT2D eigenvalue weighted by Gasteiger charge is 2.51. The third kappa shape index (κ3) is 2.36. The van der Waals surface area contributed by atoms with E-state index in [1.165, 1.54) is 12.1 Å². The van der Waals surface area contributed by atoms with Crippen LogP contribution in [-0.2, 0) is 9.59 Å². The van der Waals surface area contributed by atoms with E-state index in [0.29, 0.717) is 11.3 Å². The lowest BCUT2D eigenvalue weighted by atomic mass is 9.82. The summed E-state index contributed by atoms with van der Waals surface area (Å²) in [5.41, 5.74) is 6.03. The summed E-state index contributed by atoms with van der Waals surface area (Å²) in [5.74, 6) is -3.06. The highest BCUT2D eigenvalue weighted by molar-refractivity contribution is 5.97. The van der Waals surface area contributed by atoms with Crippen molar-refractivity contribution in [3.05, 3.63) is 42.0 Å². The zero-order valence-electron chi connectivity index (χ0n) is 11.7. The van der Waals surface area contributed by atoms with Crippen LogP contribution in [0.25, 0.3) is 0 Å². The summed E-state index contributed by atoms with van der Waals surface area (Å²) in [5, 5.41) is 12.1. The maximum absolute atomic E-state index is 12.4. The highest BCUT2D eigenvalue weighted by atomic mass is 16.4. The normalized spacial score (nSPS) is 28.5. The Balaban J connectivity index is 1.75. The third-order valence-electron chi connectivity index (χ3n) is 4.48. The Kier molecular flexibility index (Phi) is 3.44. The molecular formula is C16H16N2O4. The molecule has 3 rings (SSSR count). The molecule has 0 spiro atoms. The number of hydrogen-bond acceptors (Lipinski definition) is 3. The first kappa shape index (κ1) is 14.3. The molecule has 0 heterocycles. The number of rotatable bonds is 4. The van der Waals surface area contributed by atoms with Gasteiger partial charge in [0.25, 0.3) is 0 Å². The lowest BCUT2D eigenvalue weighted by molar-refractivity contribution is -0.146. The van der Waals surface area contributed by atoms with Gasteiger partial charge in [-0.1, -0.05) is 12.2 Å². The maximum atomic E-state index is 12.4. The molecule has 114 valence electrons. The van der Waals surface area contributed by atoms with Gasteiger partial charge in [-0.3, -0.25) is 14.4 Å². The van der Waals surface area contributed by atoms with Crippen LogP contribution in [0.5, 0.6) is 0 Å². The Morgan fingerprint density at radius 3 is 2.18 bits per heavy atom. The van der Waals surface area contributed by atoms with E-state index < -0.39 is 23.7 Å². The van der Waals surface area contributed by atoms with Crippen molar-refractivity contribution in [2.75, 3.05) is 5.32 Å². The standard InChI is InChI=1S/C16H16N2O4/c17-14(19)8-3-5-11(6-4-8)18-15(20)12-9-1-2-10(7-9)13(12)16(21)22/h1-6,9-10,12-13H,7H2,(H2,17,19)(H,18,20)(H,21,22)/t9-,10-,12-,13+/m0/s1. The van der Waals surface area contributed by atoms with Crippen molar-refractivity contribution in [3.8, 4) is 0 Å². The molecule has 22 heavy (non-hydrogen) atoms. The van der Waals surface area contributed by atoms with Crippen LogP contribution in [0.4, 0.5) is 5.69 Å². The summed E-state index contributed by atoms with van der Waals surface area (Å²) in [6.07, 6.45) is 4.55. The Hall–Kier alpha value is -2.63. The van der Waals surface area contributed by atoms with Gasteiger partial charge < -0.3 is 16.2 Å². The molecule has 0 unspecified atom stereocenters. The first-order valence-corrected chi connectivity index (χ1v) is 7.09. The number of primary amides is 1. The number of carboxylic acid groups (broad SMARTS) is 1. The van der Waals surface area contributed by atoms with Crippen molar-refractivity contribution in [1.82, 2.24) is 0 Å². The molecule has 0 aromatic heterocycles. The number of nitrogens with two attached hydrogens (primary N) is 1. The molecule has 2 aliphatic rings. The monoisotopic (exact) mass is 300 g/mol. The highest BCUT2D eigenvalue weighted by Crippen LogP contribution is 2.48. The number of amides is 2. The van der Waals surface area contributed by atoms with Gasteiger partial charge in [-0.25, -0.2) is 0 Å². The van der Waals surface area contributed by atoms with E-state index in [9.17, 15) is 19.5 Å². The van der Waals surface area contributed by atoms with Crippen LogP contribution in [0.2, 0.25) is 0 Å². The molecule has 1 saturated carbocycles. The molecule has 6 heteroatoms. The van der Waals surface area contributed by atoms with Crippen molar-refractivity contribution >= 4 is 23.5 Å². The Morgan fingerprint density at radius 2 is 1.64 bits per heavy atom. The number of nitrogens with one attached hydrogen (secondary N) is 1. The van der Waals surface area contributed by atoms with Gasteiger partial charge in [0.2, 0.25) is 11.8 Å². The Labute approximate surface area is 127 Å². The molecule has 1 fully saturated rings. The van der Waals surface area contributed by atoms with Crippen LogP contribution in [-0.4, -0.2) is 22.9 Å². The molecule has 4 N–H and O–H groups in total. The van der Waals surface area contributed by atoms with E-state index in [0.717, 1.165) is 6.42 Å². The number of allylic oxidation sites excluding steroid dienone is 2. The van der Waals surface area contributed by atoms with Crippen molar-refractivity contribution in [3.63, 3.8) is 0 Å². The molecule has 2 aliphatic carbocycles. The third-order valence-corrected chi connectivity index (χ3v) is 4.48. The van der Waals surface area contributed by atoms with Gasteiger partial charge in [0.15, 0.2) is 0 Å². The van der Waals surface area contributed by atoms with Crippen LogP contribution in [0, 0.1) is 23.7 Å². The number of fused-ring (bicyclic) bond motifs is 2. The molecule has 2 bridgehead atoms. The summed E-state index contributed by atoms with van der Waals surface area (Å²) in [6.45, 7) is 0. The quantitative estimate of drug-likeness (QED) is 0.727. The van der Waals surface area contributed by atoms with E-state index >= 15 is 0 Å². The molecule has 6 nitrogen and oxygen atoms in total. The lowest BCUT2D eigenvalue weighted by Crippen LogP contribution is -2.36. The fourth-order valence-electron chi connectivity index (χ4n) is 3.46. The van der Waals surface area contributed by atoms with Gasteiger partial charge in [0.05, 0.1) is 11.8 Å². The zero-order valence-corrected chi connectivity index (χ0v) is 11.7. The summed E-state index contributed by atoms with van der Waals surface area (Å²) >= 11 is 0. The molecule has 0 radical (unpaired) electrons. The van der Waals surface area contributed by atoms with Crippen LogP contribution in [0.15, 0.2) is 36.4 Å². The van der Waals surface area contributed by atoms with Gasteiger partial charge in [-0.05, 0) is 42.5 Å². The summed E-state index contributed by atoms with van der Waals surface area (Å²) in [7, 11) is 0.